The Labute approximate surface area is 140 Å². The Morgan fingerprint density at radius 3 is 2.58 bits per heavy atom. The molecule has 0 saturated heterocycles. The molecule has 0 amide bonds. The van der Waals surface area contributed by atoms with Crippen LogP contribution >= 0.6 is 0 Å². The van der Waals surface area contributed by atoms with Crippen LogP contribution in [0.2, 0.25) is 0 Å². The first kappa shape index (κ1) is 17.1. The Bertz CT molecular complexity index is 838. The predicted octanol–water partition coefficient (Wildman–Crippen LogP) is 3.42. The van der Waals surface area contributed by atoms with Crippen LogP contribution in [0.4, 0.5) is 4.39 Å². The molecule has 1 fully saturated rings. The number of rotatable bonds is 4. The lowest BCUT2D eigenvalue weighted by Gasteiger charge is -2.20. The quantitative estimate of drug-likeness (QED) is 0.911. The summed E-state index contributed by atoms with van der Waals surface area (Å²) in [5, 5.41) is 13.6. The van der Waals surface area contributed by atoms with Crippen molar-refractivity contribution < 1.29 is 22.4 Å². The van der Waals surface area contributed by atoms with Crippen LogP contribution in [0, 0.1) is 5.82 Å². The number of nitrogens with zero attached hydrogens (tertiary/aromatic N) is 1. The Morgan fingerprint density at radius 1 is 1.29 bits per heavy atom. The van der Waals surface area contributed by atoms with Gasteiger partial charge in [-0.2, -0.15) is 0 Å². The van der Waals surface area contributed by atoms with Crippen molar-refractivity contribution in [2.45, 2.75) is 49.5 Å². The summed E-state index contributed by atoms with van der Waals surface area (Å²) in [6, 6.07) is 3.96. The van der Waals surface area contributed by atoms with Gasteiger partial charge in [-0.1, -0.05) is 30.5 Å². The van der Waals surface area contributed by atoms with Gasteiger partial charge in [-0.05, 0) is 30.5 Å². The number of aliphatic hydroxyl groups is 1. The molecule has 130 valence electrons. The van der Waals surface area contributed by atoms with E-state index in [-0.39, 0.29) is 23.2 Å². The molecule has 0 unspecified atom stereocenters. The Hall–Kier alpha value is -1.73. The normalized spacial score (nSPS) is 16.5. The lowest BCUT2D eigenvalue weighted by molar-refractivity contribution is 0.228. The van der Waals surface area contributed by atoms with Crippen molar-refractivity contribution >= 4 is 9.84 Å². The van der Waals surface area contributed by atoms with Gasteiger partial charge in [-0.3, -0.25) is 0 Å². The minimum atomic E-state index is -3.63. The van der Waals surface area contributed by atoms with E-state index in [1.165, 1.54) is 24.6 Å². The summed E-state index contributed by atoms with van der Waals surface area (Å²) < 4.78 is 42.7. The SMILES string of the molecule is CS(=O)(=O)c1ccc(-c2c(C3CCCCC3)noc2CO)cc1F. The standard InChI is InChI=1S/C17H20FNO4S/c1-24(21,22)15-8-7-12(9-13(15)18)16-14(10-20)23-19-17(16)11-5-3-2-4-6-11/h7-9,11,20H,2-6,10H2,1H3. The predicted molar refractivity (Wildman–Crippen MR) is 86.8 cm³/mol. The zero-order valence-corrected chi connectivity index (χ0v) is 14.3. The van der Waals surface area contributed by atoms with Gasteiger partial charge in [0.2, 0.25) is 0 Å². The van der Waals surface area contributed by atoms with E-state index < -0.39 is 15.7 Å². The second kappa shape index (κ2) is 6.64. The Morgan fingerprint density at radius 2 is 2.00 bits per heavy atom. The van der Waals surface area contributed by atoms with E-state index in [4.69, 9.17) is 4.52 Å². The number of benzene rings is 1. The molecular formula is C17H20FNO4S. The summed E-state index contributed by atoms with van der Waals surface area (Å²) >= 11 is 0. The number of aliphatic hydroxyl groups excluding tert-OH is 1. The molecule has 0 bridgehead atoms. The Kier molecular flexibility index (Phi) is 4.73. The summed E-state index contributed by atoms with van der Waals surface area (Å²) in [5.74, 6) is -0.313. The van der Waals surface area contributed by atoms with Crippen LogP contribution in [0.25, 0.3) is 11.1 Å². The van der Waals surface area contributed by atoms with Crippen LogP contribution in [0.15, 0.2) is 27.6 Å². The third kappa shape index (κ3) is 3.23. The molecule has 0 atom stereocenters. The van der Waals surface area contributed by atoms with Crippen molar-refractivity contribution in [1.82, 2.24) is 5.16 Å². The molecule has 1 heterocycles. The maximum Gasteiger partial charge on any atom is 0.178 e. The smallest absolute Gasteiger partial charge is 0.178 e. The van der Waals surface area contributed by atoms with Crippen LogP contribution in [0.3, 0.4) is 0 Å². The maximum absolute atomic E-state index is 14.3. The van der Waals surface area contributed by atoms with Crippen molar-refractivity contribution in [3.8, 4) is 11.1 Å². The summed E-state index contributed by atoms with van der Waals surface area (Å²) in [4.78, 5) is -0.340. The van der Waals surface area contributed by atoms with Crippen LogP contribution in [-0.2, 0) is 16.4 Å². The third-order valence-corrected chi connectivity index (χ3v) is 5.67. The second-order valence-electron chi connectivity index (χ2n) is 6.28. The highest BCUT2D eigenvalue weighted by Gasteiger charge is 2.27. The van der Waals surface area contributed by atoms with Crippen LogP contribution in [-0.4, -0.2) is 24.9 Å². The molecule has 0 spiro atoms. The highest BCUT2D eigenvalue weighted by molar-refractivity contribution is 7.90. The van der Waals surface area contributed by atoms with Gasteiger partial charge in [0.1, 0.15) is 17.3 Å². The first-order chi connectivity index (χ1) is 11.4. The largest absolute Gasteiger partial charge is 0.388 e. The molecule has 1 N–H and O–H groups in total. The monoisotopic (exact) mass is 353 g/mol. The maximum atomic E-state index is 14.3. The topological polar surface area (TPSA) is 80.4 Å². The molecule has 1 aliphatic rings. The van der Waals surface area contributed by atoms with Gasteiger partial charge in [0.15, 0.2) is 15.6 Å². The molecule has 5 nitrogen and oxygen atoms in total. The van der Waals surface area contributed by atoms with Crippen molar-refractivity contribution in [2.75, 3.05) is 6.26 Å². The molecule has 7 heteroatoms. The fraction of sp³-hybridized carbons (Fsp3) is 0.471. The average molecular weight is 353 g/mol. The van der Waals surface area contributed by atoms with Crippen LogP contribution < -0.4 is 0 Å². The molecule has 24 heavy (non-hydrogen) atoms. The zero-order valence-electron chi connectivity index (χ0n) is 13.5. The van der Waals surface area contributed by atoms with E-state index in [2.05, 4.69) is 5.16 Å². The second-order valence-corrected chi connectivity index (χ2v) is 8.26. The molecule has 1 aromatic heterocycles. The van der Waals surface area contributed by atoms with Gasteiger partial charge in [0.25, 0.3) is 0 Å². The zero-order chi connectivity index (χ0) is 17.3. The first-order valence-electron chi connectivity index (χ1n) is 8.01. The number of sulfone groups is 1. The van der Waals surface area contributed by atoms with Gasteiger partial charge in [-0.15, -0.1) is 0 Å². The molecule has 1 saturated carbocycles. The summed E-state index contributed by atoms with van der Waals surface area (Å²) in [7, 11) is -3.63. The summed E-state index contributed by atoms with van der Waals surface area (Å²) in [6.45, 7) is -0.343. The van der Waals surface area contributed by atoms with Crippen molar-refractivity contribution in [2.24, 2.45) is 0 Å². The van der Waals surface area contributed by atoms with Gasteiger partial charge in [0, 0.05) is 12.2 Å². The molecular weight excluding hydrogens is 333 g/mol. The van der Waals surface area contributed by atoms with Crippen molar-refractivity contribution in [3.05, 3.63) is 35.5 Å². The third-order valence-electron chi connectivity index (χ3n) is 4.54. The summed E-state index contributed by atoms with van der Waals surface area (Å²) in [5.41, 5.74) is 1.79. The first-order valence-corrected chi connectivity index (χ1v) is 9.90. The number of hydrogen-bond acceptors (Lipinski definition) is 5. The minimum Gasteiger partial charge on any atom is -0.388 e. The van der Waals surface area contributed by atoms with E-state index >= 15 is 0 Å². The fourth-order valence-corrected chi connectivity index (χ4v) is 4.10. The molecule has 1 aromatic carbocycles. The molecule has 0 radical (unpaired) electrons. The highest BCUT2D eigenvalue weighted by Crippen LogP contribution is 2.39. The van der Waals surface area contributed by atoms with Crippen molar-refractivity contribution in [3.63, 3.8) is 0 Å². The van der Waals surface area contributed by atoms with E-state index in [0.29, 0.717) is 11.1 Å². The minimum absolute atomic E-state index is 0.218. The van der Waals surface area contributed by atoms with E-state index in [1.807, 2.05) is 0 Å². The Balaban J connectivity index is 2.08. The average Bonchev–Trinajstić information content (AvgIpc) is 2.98. The molecule has 3 rings (SSSR count). The summed E-state index contributed by atoms with van der Waals surface area (Å²) in [6.07, 6.45) is 6.33. The van der Waals surface area contributed by atoms with Crippen molar-refractivity contribution in [1.29, 1.82) is 0 Å². The van der Waals surface area contributed by atoms with Gasteiger partial charge >= 0.3 is 0 Å². The van der Waals surface area contributed by atoms with E-state index in [0.717, 1.165) is 37.6 Å². The van der Waals surface area contributed by atoms with Gasteiger partial charge in [-0.25, -0.2) is 12.8 Å². The van der Waals surface area contributed by atoms with Gasteiger partial charge in [0.05, 0.1) is 11.3 Å². The number of hydrogen-bond donors (Lipinski definition) is 1. The highest BCUT2D eigenvalue weighted by atomic mass is 32.2. The lowest BCUT2D eigenvalue weighted by Crippen LogP contribution is -2.07. The van der Waals surface area contributed by atoms with Crippen LogP contribution in [0.1, 0.15) is 49.5 Å². The van der Waals surface area contributed by atoms with Gasteiger partial charge < -0.3 is 9.63 Å². The number of aromatic nitrogens is 1. The van der Waals surface area contributed by atoms with E-state index in [9.17, 15) is 17.9 Å². The molecule has 2 aromatic rings. The molecule has 1 aliphatic carbocycles. The lowest BCUT2D eigenvalue weighted by atomic mass is 9.84. The fourth-order valence-electron chi connectivity index (χ4n) is 3.37. The van der Waals surface area contributed by atoms with Crippen LogP contribution in [0.5, 0.6) is 0 Å². The van der Waals surface area contributed by atoms with E-state index in [1.54, 1.807) is 0 Å². The molecule has 0 aliphatic heterocycles. The number of halogens is 1.